The molecule has 0 spiro atoms. The van der Waals surface area contributed by atoms with Crippen molar-refractivity contribution in [3.05, 3.63) is 23.2 Å². The van der Waals surface area contributed by atoms with E-state index in [0.717, 1.165) is 6.33 Å². The summed E-state index contributed by atoms with van der Waals surface area (Å²) in [6.07, 6.45) is -2.88. The van der Waals surface area contributed by atoms with Crippen LogP contribution in [-0.4, -0.2) is 9.97 Å². The van der Waals surface area contributed by atoms with Gasteiger partial charge in [0.15, 0.2) is 0 Å². The van der Waals surface area contributed by atoms with Crippen molar-refractivity contribution in [2.45, 2.75) is 6.18 Å². The maximum atomic E-state index is 11.9. The zero-order valence-corrected chi connectivity index (χ0v) is 5.82. The zero-order valence-electron chi connectivity index (χ0n) is 5.06. The third-order valence-electron chi connectivity index (χ3n) is 0.969. The molecule has 0 unspecified atom stereocenters. The molecular formula is C5H2ClF3N2. The average molecular weight is 183 g/mol. The van der Waals surface area contributed by atoms with Crippen molar-refractivity contribution < 1.29 is 13.2 Å². The number of hydrogen-bond acceptors (Lipinski definition) is 2. The van der Waals surface area contributed by atoms with Gasteiger partial charge in [-0.15, -0.1) is 0 Å². The predicted octanol–water partition coefficient (Wildman–Crippen LogP) is 2.15. The van der Waals surface area contributed by atoms with Gasteiger partial charge in [0.2, 0.25) is 0 Å². The number of hydrogen-bond donors (Lipinski definition) is 0. The highest BCUT2D eigenvalue weighted by atomic mass is 35.5. The quantitative estimate of drug-likeness (QED) is 0.575. The summed E-state index contributed by atoms with van der Waals surface area (Å²) in [5, 5.41) is -0.576. The first-order valence-electron chi connectivity index (χ1n) is 2.54. The summed E-state index contributed by atoms with van der Waals surface area (Å²) in [5.41, 5.74) is -1.01. The van der Waals surface area contributed by atoms with Crippen molar-refractivity contribution in [2.24, 2.45) is 0 Å². The number of aromatic nitrogens is 2. The van der Waals surface area contributed by atoms with Crippen LogP contribution in [0.5, 0.6) is 0 Å². The second-order valence-electron chi connectivity index (χ2n) is 1.72. The van der Waals surface area contributed by atoms with E-state index in [4.69, 9.17) is 11.6 Å². The molecule has 1 aromatic heterocycles. The van der Waals surface area contributed by atoms with Crippen molar-refractivity contribution >= 4 is 11.6 Å². The summed E-state index contributed by atoms with van der Waals surface area (Å²) in [5.74, 6) is 0. The van der Waals surface area contributed by atoms with Gasteiger partial charge in [-0.1, -0.05) is 11.6 Å². The molecule has 0 amide bonds. The largest absolute Gasteiger partial charge is 0.420 e. The summed E-state index contributed by atoms with van der Waals surface area (Å²) >= 11 is 5.14. The molecule has 0 aliphatic heterocycles. The van der Waals surface area contributed by atoms with Crippen LogP contribution in [0.15, 0.2) is 12.5 Å². The van der Waals surface area contributed by atoms with E-state index in [-0.39, 0.29) is 0 Å². The normalized spacial score (nSPS) is 11.6. The zero-order chi connectivity index (χ0) is 8.48. The highest BCUT2D eigenvalue weighted by Gasteiger charge is 2.33. The van der Waals surface area contributed by atoms with Gasteiger partial charge in [-0.25, -0.2) is 9.97 Å². The van der Waals surface area contributed by atoms with E-state index in [2.05, 4.69) is 9.97 Å². The molecule has 11 heavy (non-hydrogen) atoms. The fourth-order valence-electron chi connectivity index (χ4n) is 0.505. The van der Waals surface area contributed by atoms with E-state index >= 15 is 0 Å². The van der Waals surface area contributed by atoms with E-state index in [1.54, 1.807) is 0 Å². The number of halogens is 4. The number of rotatable bonds is 0. The van der Waals surface area contributed by atoms with Crippen molar-refractivity contribution in [2.75, 3.05) is 0 Å². The Morgan fingerprint density at radius 2 is 2.00 bits per heavy atom. The molecule has 1 heterocycles. The first-order valence-corrected chi connectivity index (χ1v) is 2.92. The lowest BCUT2D eigenvalue weighted by Crippen LogP contribution is -2.07. The summed E-state index contributed by atoms with van der Waals surface area (Å²) in [7, 11) is 0. The van der Waals surface area contributed by atoms with Crippen LogP contribution >= 0.6 is 11.6 Å². The van der Waals surface area contributed by atoms with Gasteiger partial charge < -0.3 is 0 Å². The summed E-state index contributed by atoms with van der Waals surface area (Å²) in [6.45, 7) is 0. The molecule has 0 atom stereocenters. The smallest absolute Gasteiger partial charge is 0.244 e. The Bertz CT molecular complexity index is 260. The SMILES string of the molecule is FC(F)(F)c1cncnc1Cl. The number of nitrogens with zero attached hydrogens (tertiary/aromatic N) is 2. The van der Waals surface area contributed by atoms with Crippen LogP contribution in [0.25, 0.3) is 0 Å². The molecule has 0 aliphatic rings. The van der Waals surface area contributed by atoms with Gasteiger partial charge in [-0.2, -0.15) is 13.2 Å². The Morgan fingerprint density at radius 3 is 2.36 bits per heavy atom. The lowest BCUT2D eigenvalue weighted by molar-refractivity contribution is -0.138. The second kappa shape index (κ2) is 2.65. The first-order chi connectivity index (χ1) is 5.02. The van der Waals surface area contributed by atoms with E-state index in [9.17, 15) is 13.2 Å². The lowest BCUT2D eigenvalue weighted by atomic mass is 10.3. The van der Waals surface area contributed by atoms with Gasteiger partial charge in [-0.3, -0.25) is 0 Å². The van der Waals surface area contributed by atoms with Crippen LogP contribution in [0.4, 0.5) is 13.2 Å². The average Bonchev–Trinajstić information content (AvgIpc) is 1.86. The first kappa shape index (κ1) is 8.26. The fraction of sp³-hybridized carbons (Fsp3) is 0.200. The molecule has 0 aliphatic carbocycles. The maximum Gasteiger partial charge on any atom is 0.420 e. The molecule has 1 rings (SSSR count). The standard InChI is InChI=1S/C5H2ClF3N2/c6-4-3(5(7,8)9)1-10-2-11-4/h1-2H. The molecule has 0 fully saturated rings. The lowest BCUT2D eigenvalue weighted by Gasteiger charge is -2.05. The van der Waals surface area contributed by atoms with Crippen molar-refractivity contribution in [3.8, 4) is 0 Å². The van der Waals surface area contributed by atoms with Gasteiger partial charge in [0.05, 0.1) is 0 Å². The number of alkyl halides is 3. The van der Waals surface area contributed by atoms with Crippen LogP contribution < -0.4 is 0 Å². The van der Waals surface area contributed by atoms with Crippen molar-refractivity contribution in [1.29, 1.82) is 0 Å². The maximum absolute atomic E-state index is 11.9. The van der Waals surface area contributed by atoms with Gasteiger partial charge in [0, 0.05) is 6.20 Å². The topological polar surface area (TPSA) is 25.8 Å². The summed E-state index contributed by atoms with van der Waals surface area (Å²) in [4.78, 5) is 6.38. The fourth-order valence-corrected chi connectivity index (χ4v) is 0.704. The molecule has 0 aromatic carbocycles. The summed E-state index contributed by atoms with van der Waals surface area (Å²) in [6, 6.07) is 0. The monoisotopic (exact) mass is 182 g/mol. The van der Waals surface area contributed by atoms with Gasteiger partial charge in [0.25, 0.3) is 0 Å². The Kier molecular flexibility index (Phi) is 1.99. The van der Waals surface area contributed by atoms with E-state index in [1.807, 2.05) is 0 Å². The third kappa shape index (κ3) is 1.80. The third-order valence-corrected chi connectivity index (χ3v) is 1.27. The molecule has 2 nitrogen and oxygen atoms in total. The van der Waals surface area contributed by atoms with Crippen LogP contribution in [0.3, 0.4) is 0 Å². The summed E-state index contributed by atoms with van der Waals surface area (Å²) < 4.78 is 35.7. The molecular weight excluding hydrogens is 181 g/mol. The Morgan fingerprint density at radius 1 is 1.36 bits per heavy atom. The second-order valence-corrected chi connectivity index (χ2v) is 2.08. The van der Waals surface area contributed by atoms with E-state index in [1.165, 1.54) is 0 Å². The molecule has 0 N–H and O–H groups in total. The molecule has 60 valence electrons. The van der Waals surface area contributed by atoms with Gasteiger partial charge in [-0.05, 0) is 0 Å². The van der Waals surface area contributed by atoms with Crippen molar-refractivity contribution in [1.82, 2.24) is 9.97 Å². The van der Waals surface area contributed by atoms with Crippen LogP contribution in [0.2, 0.25) is 5.15 Å². The minimum atomic E-state index is -4.47. The highest BCUT2D eigenvalue weighted by molar-refractivity contribution is 6.30. The van der Waals surface area contributed by atoms with Gasteiger partial charge >= 0.3 is 6.18 Å². The van der Waals surface area contributed by atoms with Gasteiger partial charge in [0.1, 0.15) is 17.0 Å². The Balaban J connectivity index is 3.14. The van der Waals surface area contributed by atoms with Crippen LogP contribution in [0, 0.1) is 0 Å². The Hall–Kier alpha value is -0.840. The highest BCUT2D eigenvalue weighted by Crippen LogP contribution is 2.32. The molecule has 6 heteroatoms. The van der Waals surface area contributed by atoms with Crippen LogP contribution in [-0.2, 0) is 6.18 Å². The van der Waals surface area contributed by atoms with E-state index < -0.39 is 16.9 Å². The van der Waals surface area contributed by atoms with Crippen molar-refractivity contribution in [3.63, 3.8) is 0 Å². The van der Waals surface area contributed by atoms with Crippen LogP contribution in [0.1, 0.15) is 5.56 Å². The molecule has 0 bridgehead atoms. The van der Waals surface area contributed by atoms with E-state index in [0.29, 0.717) is 6.20 Å². The molecule has 1 aromatic rings. The minimum absolute atomic E-state index is 0.576. The predicted molar refractivity (Wildman–Crippen MR) is 32.0 cm³/mol. The molecule has 0 radical (unpaired) electrons. The Labute approximate surface area is 65.0 Å². The minimum Gasteiger partial charge on any atom is -0.244 e. The molecule has 0 saturated carbocycles. The molecule has 0 saturated heterocycles.